The molecule has 0 radical (unpaired) electrons. The Morgan fingerprint density at radius 3 is 1.26 bits per heavy atom. The Morgan fingerprint density at radius 1 is 0.517 bits per heavy atom. The van der Waals surface area contributed by atoms with Gasteiger partial charge in [-0.15, -0.1) is 0 Å². The summed E-state index contributed by atoms with van der Waals surface area (Å²) in [6.07, 6.45) is 27.1. The lowest BCUT2D eigenvalue weighted by molar-refractivity contribution is -0.297. The van der Waals surface area contributed by atoms with Gasteiger partial charge in [0.05, 0.1) is 6.61 Å². The molecule has 12 nitrogen and oxygen atoms in total. The number of carbonyl (C=O) groups excluding carboxylic acids is 2. The first-order valence-corrected chi connectivity index (χ1v) is 25.2. The summed E-state index contributed by atoms with van der Waals surface area (Å²) >= 11 is 0. The number of aliphatic hydroxyl groups excluding tert-OH is 3. The largest absolute Gasteiger partial charge is 0.462 e. The minimum Gasteiger partial charge on any atom is -0.462 e. The van der Waals surface area contributed by atoms with Gasteiger partial charge in [0.15, 0.2) is 12.4 Å². The van der Waals surface area contributed by atoms with Crippen molar-refractivity contribution in [3.8, 4) is 0 Å². The van der Waals surface area contributed by atoms with Crippen molar-refractivity contribution < 1.29 is 56.8 Å². The Kier molecular flexibility index (Phi) is 34.2. The molecule has 1 heterocycles. The molecule has 344 valence electrons. The van der Waals surface area contributed by atoms with E-state index in [0.29, 0.717) is 12.8 Å². The highest BCUT2D eigenvalue weighted by Crippen LogP contribution is 2.24. The van der Waals surface area contributed by atoms with Crippen LogP contribution in [0.5, 0.6) is 0 Å². The Hall–Kier alpha value is -1.35. The molecule has 0 aliphatic carbocycles. The van der Waals surface area contributed by atoms with Crippen LogP contribution in [0.1, 0.15) is 219 Å². The number of hydrogen-bond acceptors (Lipinski definition) is 11. The van der Waals surface area contributed by atoms with Gasteiger partial charge in [0.1, 0.15) is 36.8 Å². The first-order valence-electron chi connectivity index (χ1n) is 23.6. The predicted octanol–water partition coefficient (Wildman–Crippen LogP) is 9.68. The molecule has 4 N–H and O–H groups in total. The molecule has 0 spiro atoms. The molecular weight excluding hydrogens is 765 g/mol. The highest BCUT2D eigenvalue weighted by molar-refractivity contribution is 7.85. The van der Waals surface area contributed by atoms with Gasteiger partial charge >= 0.3 is 11.9 Å². The molecule has 13 heteroatoms. The van der Waals surface area contributed by atoms with Gasteiger partial charge in [-0.05, 0) is 12.8 Å². The van der Waals surface area contributed by atoms with Crippen molar-refractivity contribution in [1.29, 1.82) is 0 Å². The highest BCUT2D eigenvalue weighted by Gasteiger charge is 2.46. The third kappa shape index (κ3) is 30.6. The Balaban J connectivity index is 2.41. The van der Waals surface area contributed by atoms with E-state index in [1.165, 1.54) is 141 Å². The fourth-order valence-corrected chi connectivity index (χ4v) is 8.19. The number of aliphatic hydroxyl groups is 3. The van der Waals surface area contributed by atoms with Crippen LogP contribution in [0.2, 0.25) is 0 Å². The second kappa shape index (κ2) is 36.3. The van der Waals surface area contributed by atoms with Crippen LogP contribution >= 0.6 is 0 Å². The van der Waals surface area contributed by atoms with Crippen LogP contribution in [-0.2, 0) is 38.7 Å². The van der Waals surface area contributed by atoms with E-state index in [4.69, 9.17) is 18.9 Å². The van der Waals surface area contributed by atoms with E-state index in [1.807, 2.05) is 0 Å². The summed E-state index contributed by atoms with van der Waals surface area (Å²) in [6, 6.07) is 0. The van der Waals surface area contributed by atoms with Crippen LogP contribution in [0.15, 0.2) is 0 Å². The highest BCUT2D eigenvalue weighted by atomic mass is 32.2. The molecule has 0 saturated carbocycles. The minimum absolute atomic E-state index is 0.172. The van der Waals surface area contributed by atoms with Crippen LogP contribution in [0, 0.1) is 0 Å². The van der Waals surface area contributed by atoms with Crippen LogP contribution in [0.25, 0.3) is 0 Å². The smallest absolute Gasteiger partial charge is 0.306 e. The summed E-state index contributed by atoms with van der Waals surface area (Å²) in [5.41, 5.74) is 0. The normalized spacial score (nSPS) is 20.3. The van der Waals surface area contributed by atoms with Gasteiger partial charge in [0, 0.05) is 12.8 Å². The van der Waals surface area contributed by atoms with Gasteiger partial charge in [-0.2, -0.15) is 8.42 Å². The fourth-order valence-electron chi connectivity index (χ4n) is 7.50. The van der Waals surface area contributed by atoms with E-state index >= 15 is 0 Å². The van der Waals surface area contributed by atoms with Crippen molar-refractivity contribution in [3.05, 3.63) is 0 Å². The number of rotatable bonds is 40. The molecule has 58 heavy (non-hydrogen) atoms. The maximum absolute atomic E-state index is 12.8. The zero-order valence-electron chi connectivity index (χ0n) is 36.7. The summed E-state index contributed by atoms with van der Waals surface area (Å²) in [7, 11) is -4.60. The van der Waals surface area contributed by atoms with Crippen LogP contribution in [0.3, 0.4) is 0 Å². The first kappa shape index (κ1) is 54.7. The van der Waals surface area contributed by atoms with Crippen molar-refractivity contribution >= 4 is 22.1 Å². The average molecular weight is 851 g/mol. The quantitative estimate of drug-likeness (QED) is 0.0260. The number of carbonyl (C=O) groups is 2. The standard InChI is InChI=1S/C45H86O12S/c1-3-5-7-9-11-13-15-17-19-21-23-25-27-29-31-33-40(46)54-35-38(36-55-45-44(50)43(49)42(48)39(57-45)37-58(51,52)53)56-41(47)34-32-30-28-26-24-22-20-18-16-14-12-10-8-6-4-2/h38-39,42-45,48-50H,3-37H2,1-2H3,(H,51,52,53)/t38-,39+,42+,43-,44+,45-/m0/s1. The summed E-state index contributed by atoms with van der Waals surface area (Å²) in [6.45, 7) is 3.79. The Labute approximate surface area is 353 Å². The van der Waals surface area contributed by atoms with Gasteiger partial charge < -0.3 is 34.3 Å². The third-order valence-electron chi connectivity index (χ3n) is 11.2. The number of unbranched alkanes of at least 4 members (excludes halogenated alkanes) is 28. The van der Waals surface area contributed by atoms with Crippen molar-refractivity contribution in [2.75, 3.05) is 19.0 Å². The molecule has 0 aromatic heterocycles. The third-order valence-corrected chi connectivity index (χ3v) is 11.9. The first-order chi connectivity index (χ1) is 28.0. The summed E-state index contributed by atoms with van der Waals surface area (Å²) < 4.78 is 54.1. The minimum atomic E-state index is -4.60. The topological polar surface area (TPSA) is 186 Å². The lowest BCUT2D eigenvalue weighted by Crippen LogP contribution is -2.60. The van der Waals surface area contributed by atoms with E-state index in [1.54, 1.807) is 0 Å². The second-order valence-corrected chi connectivity index (χ2v) is 18.3. The van der Waals surface area contributed by atoms with Crippen molar-refractivity contribution in [1.82, 2.24) is 0 Å². The molecule has 0 unspecified atom stereocenters. The van der Waals surface area contributed by atoms with Crippen molar-refractivity contribution in [2.45, 2.75) is 256 Å². The van der Waals surface area contributed by atoms with Gasteiger partial charge in [-0.1, -0.05) is 194 Å². The van der Waals surface area contributed by atoms with Crippen LogP contribution < -0.4 is 0 Å². The van der Waals surface area contributed by atoms with E-state index in [9.17, 15) is 37.9 Å². The molecule has 0 aromatic carbocycles. The summed E-state index contributed by atoms with van der Waals surface area (Å²) in [5, 5.41) is 30.9. The van der Waals surface area contributed by atoms with Crippen LogP contribution in [0.4, 0.5) is 0 Å². The average Bonchev–Trinajstić information content (AvgIpc) is 3.18. The molecule has 0 bridgehead atoms. The zero-order valence-corrected chi connectivity index (χ0v) is 37.5. The van der Waals surface area contributed by atoms with Gasteiger partial charge in [0.25, 0.3) is 10.1 Å². The van der Waals surface area contributed by atoms with E-state index in [-0.39, 0.29) is 19.4 Å². The van der Waals surface area contributed by atoms with Crippen molar-refractivity contribution in [3.63, 3.8) is 0 Å². The molecule has 1 saturated heterocycles. The monoisotopic (exact) mass is 851 g/mol. The summed E-state index contributed by atoms with van der Waals surface area (Å²) in [5.74, 6) is -1.96. The second-order valence-electron chi connectivity index (χ2n) is 16.8. The molecule has 1 fully saturated rings. The lowest BCUT2D eigenvalue weighted by Gasteiger charge is -2.40. The van der Waals surface area contributed by atoms with Crippen molar-refractivity contribution in [2.24, 2.45) is 0 Å². The Bertz CT molecular complexity index is 1090. The summed E-state index contributed by atoms with van der Waals surface area (Å²) in [4.78, 5) is 25.4. The molecule has 1 aliphatic heterocycles. The molecule has 0 aromatic rings. The van der Waals surface area contributed by atoms with Crippen LogP contribution in [-0.4, -0.2) is 96.0 Å². The molecule has 1 rings (SSSR count). The molecule has 6 atom stereocenters. The number of esters is 2. The molecular formula is C45H86O12S. The fraction of sp³-hybridized carbons (Fsp3) is 0.956. The molecule has 1 aliphatic rings. The van der Waals surface area contributed by atoms with E-state index in [2.05, 4.69) is 13.8 Å². The Morgan fingerprint density at radius 2 is 0.879 bits per heavy atom. The number of hydrogen-bond donors (Lipinski definition) is 4. The van der Waals surface area contributed by atoms with Gasteiger partial charge in [0.2, 0.25) is 0 Å². The SMILES string of the molecule is CCCCCCCCCCCCCCCCCC(=O)OC[C@@H](CO[C@H]1O[C@H](CS(=O)(=O)O)[C@@H](O)[C@H](O)[C@H]1O)OC(=O)CCCCCCCCCCCCCCCCC. The lowest BCUT2D eigenvalue weighted by atomic mass is 10.00. The maximum atomic E-state index is 12.8. The maximum Gasteiger partial charge on any atom is 0.306 e. The molecule has 0 amide bonds. The zero-order chi connectivity index (χ0) is 42.7. The van der Waals surface area contributed by atoms with Gasteiger partial charge in [-0.3, -0.25) is 14.1 Å². The predicted molar refractivity (Wildman–Crippen MR) is 229 cm³/mol. The number of ether oxygens (including phenoxy) is 4. The van der Waals surface area contributed by atoms with E-state index < -0.39 is 71.2 Å². The van der Waals surface area contributed by atoms with Gasteiger partial charge in [-0.25, -0.2) is 0 Å². The van der Waals surface area contributed by atoms with E-state index in [0.717, 1.165) is 38.5 Å².